The summed E-state index contributed by atoms with van der Waals surface area (Å²) in [5, 5.41) is 0. The van der Waals surface area contributed by atoms with E-state index in [4.69, 9.17) is 4.74 Å². The number of cyclic esters (lactones) is 16. The minimum atomic E-state index is -0.972. The molecule has 1 saturated carbocycles. The molecule has 80 heavy (non-hydrogen) atoms. The lowest BCUT2D eigenvalue weighted by molar-refractivity contribution is -0.180. The third-order valence-corrected chi connectivity index (χ3v) is 17.2. The van der Waals surface area contributed by atoms with Crippen molar-refractivity contribution in [2.45, 2.75) is 110 Å². The summed E-state index contributed by atoms with van der Waals surface area (Å²) < 4.78 is 36.9. The highest BCUT2D eigenvalue weighted by atomic mass is 16.6. The molecule has 8 unspecified atom stereocenters. The normalized spacial score (nSPS) is 32.8. The predicted molar refractivity (Wildman–Crippen MR) is 252 cm³/mol. The first-order chi connectivity index (χ1) is 37.8. The molecule has 2 bridgehead atoms. The maximum Gasteiger partial charge on any atom is 0.342 e. The minimum Gasteiger partial charge on any atom is -0.393 e. The van der Waals surface area contributed by atoms with Gasteiger partial charge >= 0.3 is 95.5 Å². The highest BCUT2D eigenvalue weighted by molar-refractivity contribution is 6.10. The van der Waals surface area contributed by atoms with Crippen LogP contribution < -0.4 is 0 Å². The number of carbonyl (C=O) groups excluding carboxylic acids is 16. The second kappa shape index (κ2) is 20.3. The van der Waals surface area contributed by atoms with Gasteiger partial charge in [0.15, 0.2) is 0 Å². The van der Waals surface area contributed by atoms with Crippen molar-refractivity contribution in [1.29, 1.82) is 0 Å². The number of ether oxygens (including phenoxy) is 8. The second-order valence-corrected chi connectivity index (χ2v) is 22.8. The lowest BCUT2D eigenvalue weighted by Gasteiger charge is -2.40. The Bertz CT molecular complexity index is 3100. The third-order valence-electron chi connectivity index (χ3n) is 17.2. The van der Waals surface area contributed by atoms with E-state index in [0.29, 0.717) is 37.7 Å². The van der Waals surface area contributed by atoms with Gasteiger partial charge in [-0.2, -0.15) is 0 Å². The van der Waals surface area contributed by atoms with Crippen LogP contribution in [0.15, 0.2) is 65.3 Å². The van der Waals surface area contributed by atoms with Crippen LogP contribution in [0.3, 0.4) is 0 Å². The Hall–Kier alpha value is -8.44. The summed E-state index contributed by atoms with van der Waals surface area (Å²) in [5.74, 6) is -12.8. The van der Waals surface area contributed by atoms with E-state index in [1.54, 1.807) is 18.2 Å². The molecule has 24 heteroatoms. The fourth-order valence-electron chi connectivity index (χ4n) is 14.0. The molecule has 4 spiro atoms. The molecule has 4 aliphatic carbocycles. The Labute approximate surface area is 452 Å². The van der Waals surface area contributed by atoms with Gasteiger partial charge < -0.3 is 37.9 Å². The van der Waals surface area contributed by atoms with Gasteiger partial charge in [-0.3, -0.25) is 62.3 Å². The first-order valence-corrected chi connectivity index (χ1v) is 26.0. The topological polar surface area (TPSA) is 347 Å². The van der Waals surface area contributed by atoms with Crippen LogP contribution in [0, 0.1) is 63.1 Å². The van der Waals surface area contributed by atoms with Crippen molar-refractivity contribution < 1.29 is 115 Å². The SMILES string of the molecule is CC1CC2(C=C3C(=O)OC(=O)C31)CC(=O)OC(=O)C2.CCC1CC2(C=C3C(=O)OC(=O)C31)CC(=O)OC(=O)C2.O=C1CC2(C=C3C(=O)OC(=O)C3C(c3ccccc3)C2)CC(=O)O1.O=C1CC2(CC3CC(C2)C(=O)OC3=O)C(=O)O1. The average Bonchev–Trinajstić information content (AvgIpc) is 4.02. The minimum absolute atomic E-state index is 0.0137. The van der Waals surface area contributed by atoms with Crippen LogP contribution in [0.25, 0.3) is 0 Å². The van der Waals surface area contributed by atoms with Crippen molar-refractivity contribution in [2.75, 3.05) is 0 Å². The van der Waals surface area contributed by atoms with Crippen molar-refractivity contribution in [1.82, 2.24) is 0 Å². The van der Waals surface area contributed by atoms with Crippen molar-refractivity contribution in [3.8, 4) is 0 Å². The summed E-state index contributed by atoms with van der Waals surface area (Å²) in [6.07, 6.45) is 8.04. The van der Waals surface area contributed by atoms with E-state index in [0.717, 1.165) is 5.56 Å². The van der Waals surface area contributed by atoms with Gasteiger partial charge in [-0.05, 0) is 55.9 Å². The number of hydrogen-bond donors (Lipinski definition) is 0. The number of carbonyl (C=O) groups is 16. The third kappa shape index (κ3) is 10.3. The maximum atomic E-state index is 12.2. The Morgan fingerprint density at radius 1 is 0.412 bits per heavy atom. The summed E-state index contributed by atoms with van der Waals surface area (Å²) in [6.45, 7) is 3.74. The fraction of sp³-hybridized carbons (Fsp3) is 0.500. The Kier molecular flexibility index (Phi) is 14.0. The molecule has 8 atom stereocenters. The summed E-state index contributed by atoms with van der Waals surface area (Å²) in [4.78, 5) is 186. The lowest BCUT2D eigenvalue weighted by Crippen LogP contribution is -2.47. The summed E-state index contributed by atoms with van der Waals surface area (Å²) in [5.41, 5.74) is -1.47. The van der Waals surface area contributed by atoms with Gasteiger partial charge in [0.1, 0.15) is 0 Å². The number of esters is 16. The Morgan fingerprint density at radius 3 is 1.26 bits per heavy atom. The molecule has 0 radical (unpaired) electrons. The van der Waals surface area contributed by atoms with E-state index < -0.39 is 147 Å². The van der Waals surface area contributed by atoms with Crippen molar-refractivity contribution in [3.05, 3.63) is 70.8 Å². The van der Waals surface area contributed by atoms with E-state index in [2.05, 4.69) is 33.2 Å². The fourth-order valence-corrected chi connectivity index (χ4v) is 14.0. The molecule has 418 valence electrons. The van der Waals surface area contributed by atoms with Crippen LogP contribution in [0.4, 0.5) is 0 Å². The quantitative estimate of drug-likeness (QED) is 0.233. The van der Waals surface area contributed by atoms with Gasteiger partial charge in [-0.15, -0.1) is 0 Å². The molecule has 0 aromatic heterocycles. The average molecular weight is 1110 g/mol. The maximum absolute atomic E-state index is 12.2. The van der Waals surface area contributed by atoms with Gasteiger partial charge in [0.05, 0.1) is 80.0 Å². The molecule has 13 rings (SSSR count). The van der Waals surface area contributed by atoms with Crippen molar-refractivity contribution in [2.24, 2.45) is 63.1 Å². The van der Waals surface area contributed by atoms with Crippen LogP contribution in [0.1, 0.15) is 115 Å². The Morgan fingerprint density at radius 2 is 0.812 bits per heavy atom. The van der Waals surface area contributed by atoms with Gasteiger partial charge in [0.25, 0.3) is 0 Å². The number of hydrogen-bond acceptors (Lipinski definition) is 24. The van der Waals surface area contributed by atoms with Gasteiger partial charge in [-0.25, -0.2) is 14.4 Å². The molecule has 1 aromatic rings. The van der Waals surface area contributed by atoms with Crippen molar-refractivity contribution in [3.63, 3.8) is 0 Å². The van der Waals surface area contributed by atoms with Crippen LogP contribution >= 0.6 is 0 Å². The highest BCUT2D eigenvalue weighted by Crippen LogP contribution is 2.55. The molecule has 8 saturated heterocycles. The standard InChI is InChI=1S/C18H14O6.C14H14O6.C13H12O6.C11H10O6/c19-13-8-18(9-14(20)23-13)6-11(10-4-2-1-3-5-10)15-12(7-18)16(21)24-17(15)22;1-2-7-3-14(5-9(15)19-10(16)6-14)4-8-11(7)13(18)20-12(8)17;1-6-2-13(4-8(14)18-9(15)5-13)3-7-10(6)12(17)19-11(7)16;12-7-4-11(10(15)16-7)2-5-1-6(3-11)9(14)17-8(5)13/h1-5,7,11,15H,6,8-9H2;4,7,11H,2-3,5-6H2,1H3;3,6,10H,2,4-5H2,1H3;5-6H,1-4H2. The van der Waals surface area contributed by atoms with Crippen molar-refractivity contribution >= 4 is 95.5 Å². The summed E-state index contributed by atoms with van der Waals surface area (Å²) in [7, 11) is 0. The van der Waals surface area contributed by atoms with E-state index >= 15 is 0 Å². The van der Waals surface area contributed by atoms with Gasteiger partial charge in [0.2, 0.25) is 0 Å². The van der Waals surface area contributed by atoms with E-state index in [-0.39, 0.29) is 86.7 Å². The Balaban J connectivity index is 0.000000121. The number of rotatable bonds is 2. The molecular formula is C56H50O24. The monoisotopic (exact) mass is 1110 g/mol. The zero-order valence-electron chi connectivity index (χ0n) is 42.9. The first kappa shape index (κ1) is 54.9. The molecule has 0 N–H and O–H groups in total. The molecular weight excluding hydrogens is 1060 g/mol. The number of fused-ring (bicyclic) bond motifs is 5. The largest absolute Gasteiger partial charge is 0.393 e. The van der Waals surface area contributed by atoms with Gasteiger partial charge in [0, 0.05) is 38.9 Å². The predicted octanol–water partition coefficient (Wildman–Crippen LogP) is 2.99. The van der Waals surface area contributed by atoms with Crippen LogP contribution in [0.5, 0.6) is 0 Å². The molecule has 0 amide bonds. The highest BCUT2D eigenvalue weighted by Gasteiger charge is 2.60. The van der Waals surface area contributed by atoms with Gasteiger partial charge in [-0.1, -0.05) is 68.8 Å². The number of allylic oxidation sites excluding steroid dienone is 3. The summed E-state index contributed by atoms with van der Waals surface area (Å²) in [6, 6.07) is 9.31. The van der Waals surface area contributed by atoms with Crippen LogP contribution in [-0.4, -0.2) is 95.5 Å². The van der Waals surface area contributed by atoms with E-state index in [1.807, 2.05) is 44.2 Å². The van der Waals surface area contributed by atoms with Crippen LogP contribution in [0.2, 0.25) is 0 Å². The zero-order chi connectivity index (χ0) is 57.4. The molecule has 8 heterocycles. The summed E-state index contributed by atoms with van der Waals surface area (Å²) >= 11 is 0. The molecule has 24 nitrogen and oxygen atoms in total. The van der Waals surface area contributed by atoms with E-state index in [1.165, 1.54) is 0 Å². The van der Waals surface area contributed by atoms with Crippen LogP contribution in [-0.2, 0) is 115 Å². The molecule has 9 fully saturated rings. The molecule has 1 aromatic carbocycles. The lowest BCUT2D eigenvalue weighted by atomic mass is 9.62. The number of benzene rings is 1. The smallest absolute Gasteiger partial charge is 0.342 e. The molecule has 12 aliphatic rings. The first-order valence-electron chi connectivity index (χ1n) is 26.0. The second-order valence-electron chi connectivity index (χ2n) is 22.8. The zero-order valence-corrected chi connectivity index (χ0v) is 42.9. The molecule has 8 aliphatic heterocycles. The van der Waals surface area contributed by atoms with E-state index in [9.17, 15) is 76.7 Å².